The molecule has 0 aliphatic carbocycles. The van der Waals surface area contributed by atoms with Gasteiger partial charge < -0.3 is 0 Å². The van der Waals surface area contributed by atoms with Crippen LogP contribution in [0.1, 0.15) is 35.8 Å². The van der Waals surface area contributed by atoms with Gasteiger partial charge in [-0.15, -0.1) is 6.58 Å². The Morgan fingerprint density at radius 1 is 1.43 bits per heavy atom. The zero-order valence-electron chi connectivity index (χ0n) is 8.71. The maximum atomic E-state index is 11.6. The highest BCUT2D eigenvalue weighted by atomic mass is 16.1. The van der Waals surface area contributed by atoms with Gasteiger partial charge in [-0.1, -0.05) is 5.57 Å². The second-order valence-corrected chi connectivity index (χ2v) is 3.57. The average molecular weight is 189 g/mol. The lowest BCUT2D eigenvalue weighted by molar-refractivity contribution is 0.0982. The molecule has 1 heterocycles. The minimum Gasteiger partial charge on any atom is -0.294 e. The molecule has 0 N–H and O–H groups in total. The summed E-state index contributed by atoms with van der Waals surface area (Å²) in [4.78, 5) is 15.7. The number of carbonyl (C=O) groups excluding carboxylic acids is 1. The Hall–Kier alpha value is -1.44. The van der Waals surface area contributed by atoms with Gasteiger partial charge in [0, 0.05) is 23.9 Å². The summed E-state index contributed by atoms with van der Waals surface area (Å²) in [5, 5.41) is 0. The van der Waals surface area contributed by atoms with Gasteiger partial charge in [0.15, 0.2) is 5.78 Å². The van der Waals surface area contributed by atoms with Crippen LogP contribution in [-0.2, 0) is 0 Å². The van der Waals surface area contributed by atoms with E-state index in [2.05, 4.69) is 11.6 Å². The Kier molecular flexibility index (Phi) is 3.57. The number of rotatable bonds is 4. The van der Waals surface area contributed by atoms with E-state index in [0.29, 0.717) is 12.0 Å². The van der Waals surface area contributed by atoms with Crippen molar-refractivity contribution in [2.24, 2.45) is 0 Å². The maximum Gasteiger partial charge on any atom is 0.164 e. The molecule has 0 aliphatic heterocycles. The van der Waals surface area contributed by atoms with Crippen molar-refractivity contribution in [1.29, 1.82) is 0 Å². The van der Waals surface area contributed by atoms with E-state index in [9.17, 15) is 4.79 Å². The van der Waals surface area contributed by atoms with Gasteiger partial charge in [0.2, 0.25) is 0 Å². The van der Waals surface area contributed by atoms with Crippen LogP contribution in [0.25, 0.3) is 0 Å². The van der Waals surface area contributed by atoms with Gasteiger partial charge in [-0.25, -0.2) is 0 Å². The molecular weight excluding hydrogens is 174 g/mol. The fourth-order valence-electron chi connectivity index (χ4n) is 1.10. The molecule has 14 heavy (non-hydrogen) atoms. The zero-order chi connectivity index (χ0) is 10.6. The molecule has 0 aliphatic rings. The number of pyridine rings is 1. The summed E-state index contributed by atoms with van der Waals surface area (Å²) >= 11 is 0. The molecule has 0 fully saturated rings. The molecule has 0 aromatic carbocycles. The smallest absolute Gasteiger partial charge is 0.164 e. The van der Waals surface area contributed by atoms with Crippen LogP contribution in [0.5, 0.6) is 0 Å². The molecule has 0 radical (unpaired) electrons. The van der Waals surface area contributed by atoms with Crippen molar-refractivity contribution >= 4 is 5.78 Å². The third-order valence-corrected chi connectivity index (χ3v) is 2.01. The van der Waals surface area contributed by atoms with Crippen molar-refractivity contribution in [3.63, 3.8) is 0 Å². The first-order chi connectivity index (χ1) is 6.59. The Labute approximate surface area is 84.7 Å². The summed E-state index contributed by atoms with van der Waals surface area (Å²) in [5.41, 5.74) is 2.66. The van der Waals surface area contributed by atoms with Gasteiger partial charge in [-0.05, 0) is 32.4 Å². The standard InChI is InChI=1S/C12H15NO/c1-9(2)4-7-12(14)11-6-5-10(3)13-8-11/h5-6,8H,1,4,7H2,2-3H3. The molecular formula is C12H15NO. The lowest BCUT2D eigenvalue weighted by Crippen LogP contribution is -2.00. The summed E-state index contributed by atoms with van der Waals surface area (Å²) < 4.78 is 0. The highest BCUT2D eigenvalue weighted by Crippen LogP contribution is 2.08. The molecule has 2 heteroatoms. The van der Waals surface area contributed by atoms with E-state index in [1.165, 1.54) is 0 Å². The SMILES string of the molecule is C=C(C)CCC(=O)c1ccc(C)nc1. The van der Waals surface area contributed by atoms with Crippen molar-refractivity contribution in [3.8, 4) is 0 Å². The van der Waals surface area contributed by atoms with Gasteiger partial charge in [0.25, 0.3) is 0 Å². The third-order valence-electron chi connectivity index (χ3n) is 2.01. The number of aromatic nitrogens is 1. The van der Waals surface area contributed by atoms with Crippen molar-refractivity contribution in [3.05, 3.63) is 41.7 Å². The number of nitrogens with zero attached hydrogens (tertiary/aromatic N) is 1. The number of allylic oxidation sites excluding steroid dienone is 1. The second kappa shape index (κ2) is 4.70. The Morgan fingerprint density at radius 2 is 2.14 bits per heavy atom. The van der Waals surface area contributed by atoms with Crippen molar-refractivity contribution in [1.82, 2.24) is 4.98 Å². The summed E-state index contributed by atoms with van der Waals surface area (Å²) in [5.74, 6) is 0.139. The van der Waals surface area contributed by atoms with E-state index in [1.807, 2.05) is 26.0 Å². The highest BCUT2D eigenvalue weighted by Gasteiger charge is 2.05. The maximum absolute atomic E-state index is 11.6. The summed E-state index contributed by atoms with van der Waals surface area (Å²) in [6.07, 6.45) is 2.92. The van der Waals surface area contributed by atoms with Gasteiger partial charge in [0.1, 0.15) is 0 Å². The van der Waals surface area contributed by atoms with Gasteiger partial charge >= 0.3 is 0 Å². The van der Waals surface area contributed by atoms with Crippen molar-refractivity contribution in [2.45, 2.75) is 26.7 Å². The molecule has 0 amide bonds. The van der Waals surface area contributed by atoms with Crippen LogP contribution in [0, 0.1) is 6.92 Å². The monoisotopic (exact) mass is 189 g/mol. The number of ketones is 1. The van der Waals surface area contributed by atoms with Crippen molar-refractivity contribution in [2.75, 3.05) is 0 Å². The van der Waals surface area contributed by atoms with E-state index in [-0.39, 0.29) is 5.78 Å². The van der Waals surface area contributed by atoms with E-state index in [4.69, 9.17) is 0 Å². The fourth-order valence-corrected chi connectivity index (χ4v) is 1.10. The molecule has 1 rings (SSSR count). The highest BCUT2D eigenvalue weighted by molar-refractivity contribution is 5.95. The molecule has 0 spiro atoms. The normalized spacial score (nSPS) is 9.86. The third kappa shape index (κ3) is 3.13. The molecule has 0 unspecified atom stereocenters. The molecule has 0 atom stereocenters. The first kappa shape index (κ1) is 10.6. The summed E-state index contributed by atoms with van der Waals surface area (Å²) in [6, 6.07) is 3.68. The van der Waals surface area contributed by atoms with Gasteiger partial charge in [-0.3, -0.25) is 9.78 Å². The summed E-state index contributed by atoms with van der Waals surface area (Å²) in [6.45, 7) is 7.60. The Balaban J connectivity index is 2.61. The number of Topliss-reactive ketones (excluding diaryl/α,β-unsaturated/α-hetero) is 1. The topological polar surface area (TPSA) is 30.0 Å². The predicted octanol–water partition coefficient (Wildman–Crippen LogP) is 2.93. The lowest BCUT2D eigenvalue weighted by atomic mass is 10.1. The van der Waals surface area contributed by atoms with E-state index in [1.54, 1.807) is 6.20 Å². The Bertz CT molecular complexity index is 338. The van der Waals surface area contributed by atoms with Crippen LogP contribution in [-0.4, -0.2) is 10.8 Å². The quantitative estimate of drug-likeness (QED) is 0.538. The number of hydrogen-bond donors (Lipinski definition) is 0. The summed E-state index contributed by atoms with van der Waals surface area (Å²) in [7, 11) is 0. The van der Waals surface area contributed by atoms with E-state index < -0.39 is 0 Å². The second-order valence-electron chi connectivity index (χ2n) is 3.57. The first-order valence-electron chi connectivity index (χ1n) is 4.70. The largest absolute Gasteiger partial charge is 0.294 e. The molecule has 1 aromatic heterocycles. The molecule has 2 nitrogen and oxygen atoms in total. The van der Waals surface area contributed by atoms with Crippen LogP contribution in [0.15, 0.2) is 30.5 Å². The van der Waals surface area contributed by atoms with E-state index >= 15 is 0 Å². The van der Waals surface area contributed by atoms with Crippen LogP contribution < -0.4 is 0 Å². The van der Waals surface area contributed by atoms with Crippen molar-refractivity contribution < 1.29 is 4.79 Å². The van der Waals surface area contributed by atoms with Crippen LogP contribution in [0.2, 0.25) is 0 Å². The fraction of sp³-hybridized carbons (Fsp3) is 0.333. The predicted molar refractivity (Wildman–Crippen MR) is 57.4 cm³/mol. The Morgan fingerprint density at radius 3 is 2.64 bits per heavy atom. The average Bonchev–Trinajstić information content (AvgIpc) is 2.15. The molecule has 0 bridgehead atoms. The molecule has 74 valence electrons. The van der Waals surface area contributed by atoms with Gasteiger partial charge in [-0.2, -0.15) is 0 Å². The number of carbonyl (C=O) groups is 1. The number of aryl methyl sites for hydroxylation is 1. The van der Waals surface area contributed by atoms with E-state index in [0.717, 1.165) is 17.7 Å². The first-order valence-corrected chi connectivity index (χ1v) is 4.70. The van der Waals surface area contributed by atoms with Crippen LogP contribution in [0.4, 0.5) is 0 Å². The molecule has 1 aromatic rings. The number of hydrogen-bond acceptors (Lipinski definition) is 2. The van der Waals surface area contributed by atoms with Crippen LogP contribution >= 0.6 is 0 Å². The van der Waals surface area contributed by atoms with Gasteiger partial charge in [0.05, 0.1) is 0 Å². The zero-order valence-corrected chi connectivity index (χ0v) is 8.71. The molecule has 0 saturated carbocycles. The lowest BCUT2D eigenvalue weighted by Gasteiger charge is -2.00. The van der Waals surface area contributed by atoms with Crippen LogP contribution in [0.3, 0.4) is 0 Å². The molecule has 0 saturated heterocycles. The minimum atomic E-state index is 0.139. The minimum absolute atomic E-state index is 0.139.